The monoisotopic (exact) mass is 258 g/mol. The SMILES string of the molecule is CCS(=O)(=O)[C@H](CO)[C@@H](O)c1ccccc1C. The van der Waals surface area contributed by atoms with Crippen molar-refractivity contribution in [2.45, 2.75) is 25.2 Å². The first-order chi connectivity index (χ1) is 7.94. The molecule has 0 bridgehead atoms. The van der Waals surface area contributed by atoms with Gasteiger partial charge in [-0.2, -0.15) is 0 Å². The van der Waals surface area contributed by atoms with Gasteiger partial charge in [-0.3, -0.25) is 0 Å². The van der Waals surface area contributed by atoms with Gasteiger partial charge in [0.2, 0.25) is 0 Å². The summed E-state index contributed by atoms with van der Waals surface area (Å²) in [6.07, 6.45) is -1.19. The Balaban J connectivity index is 3.11. The molecule has 0 amide bonds. The van der Waals surface area contributed by atoms with Crippen LogP contribution in [0.2, 0.25) is 0 Å². The Hall–Kier alpha value is -0.910. The minimum absolute atomic E-state index is 0.0961. The van der Waals surface area contributed by atoms with Gasteiger partial charge in [0, 0.05) is 5.75 Å². The van der Waals surface area contributed by atoms with Gasteiger partial charge in [0.05, 0.1) is 12.7 Å². The Morgan fingerprint density at radius 1 is 1.29 bits per heavy atom. The van der Waals surface area contributed by atoms with E-state index in [1.54, 1.807) is 25.1 Å². The van der Waals surface area contributed by atoms with Crippen LogP contribution in [0.3, 0.4) is 0 Å². The third-order valence-electron chi connectivity index (χ3n) is 2.90. The number of aliphatic hydroxyl groups is 2. The molecule has 0 fully saturated rings. The molecule has 17 heavy (non-hydrogen) atoms. The molecule has 2 atom stereocenters. The van der Waals surface area contributed by atoms with Crippen molar-refractivity contribution >= 4 is 9.84 Å². The first-order valence-corrected chi connectivity index (χ1v) is 7.21. The smallest absolute Gasteiger partial charge is 0.158 e. The summed E-state index contributed by atoms with van der Waals surface area (Å²) >= 11 is 0. The number of sulfone groups is 1. The summed E-state index contributed by atoms with van der Waals surface area (Å²) in [5.41, 5.74) is 1.35. The van der Waals surface area contributed by atoms with Gasteiger partial charge in [-0.1, -0.05) is 31.2 Å². The van der Waals surface area contributed by atoms with Crippen molar-refractivity contribution in [1.82, 2.24) is 0 Å². The van der Waals surface area contributed by atoms with Crippen LogP contribution >= 0.6 is 0 Å². The largest absolute Gasteiger partial charge is 0.395 e. The fourth-order valence-electron chi connectivity index (χ4n) is 1.74. The quantitative estimate of drug-likeness (QED) is 0.820. The lowest BCUT2D eigenvalue weighted by molar-refractivity contribution is 0.137. The van der Waals surface area contributed by atoms with E-state index < -0.39 is 27.8 Å². The van der Waals surface area contributed by atoms with Gasteiger partial charge >= 0.3 is 0 Å². The van der Waals surface area contributed by atoms with Gasteiger partial charge in [-0.15, -0.1) is 0 Å². The van der Waals surface area contributed by atoms with Crippen LogP contribution in [0.4, 0.5) is 0 Å². The van der Waals surface area contributed by atoms with Crippen molar-refractivity contribution < 1.29 is 18.6 Å². The fraction of sp³-hybridized carbons (Fsp3) is 0.500. The van der Waals surface area contributed by atoms with Crippen LogP contribution in [0.15, 0.2) is 24.3 Å². The predicted molar refractivity (Wildman–Crippen MR) is 66.5 cm³/mol. The highest BCUT2D eigenvalue weighted by molar-refractivity contribution is 7.92. The maximum Gasteiger partial charge on any atom is 0.158 e. The lowest BCUT2D eigenvalue weighted by Gasteiger charge is -2.22. The molecular weight excluding hydrogens is 240 g/mol. The van der Waals surface area contributed by atoms with E-state index in [0.29, 0.717) is 5.56 Å². The molecule has 96 valence electrons. The van der Waals surface area contributed by atoms with Gasteiger partial charge in [0.1, 0.15) is 5.25 Å². The second-order valence-corrected chi connectivity index (χ2v) is 6.48. The molecule has 0 heterocycles. The average molecular weight is 258 g/mol. The molecule has 4 nitrogen and oxygen atoms in total. The molecule has 1 aromatic rings. The van der Waals surface area contributed by atoms with E-state index in [1.807, 2.05) is 6.07 Å². The van der Waals surface area contributed by atoms with Crippen LogP contribution < -0.4 is 0 Å². The first kappa shape index (κ1) is 14.2. The van der Waals surface area contributed by atoms with Crippen molar-refractivity contribution in [2.75, 3.05) is 12.4 Å². The number of hydrogen-bond acceptors (Lipinski definition) is 4. The van der Waals surface area contributed by atoms with Crippen molar-refractivity contribution in [3.05, 3.63) is 35.4 Å². The highest BCUT2D eigenvalue weighted by Crippen LogP contribution is 2.25. The number of benzene rings is 1. The average Bonchev–Trinajstić information content (AvgIpc) is 2.30. The van der Waals surface area contributed by atoms with E-state index in [4.69, 9.17) is 0 Å². The van der Waals surface area contributed by atoms with E-state index in [0.717, 1.165) is 5.56 Å². The zero-order chi connectivity index (χ0) is 13.1. The van der Waals surface area contributed by atoms with Crippen LogP contribution in [0, 0.1) is 6.92 Å². The summed E-state index contributed by atoms with van der Waals surface area (Å²) in [6, 6.07) is 7.02. The van der Waals surface area contributed by atoms with Gasteiger partial charge in [-0.25, -0.2) is 8.42 Å². The lowest BCUT2D eigenvalue weighted by Crippen LogP contribution is -2.33. The third-order valence-corrected chi connectivity index (χ3v) is 5.04. The van der Waals surface area contributed by atoms with Crippen LogP contribution in [-0.2, 0) is 9.84 Å². The number of hydrogen-bond donors (Lipinski definition) is 2. The fourth-order valence-corrected chi connectivity index (χ4v) is 2.94. The topological polar surface area (TPSA) is 74.6 Å². The highest BCUT2D eigenvalue weighted by Gasteiger charge is 2.32. The Morgan fingerprint density at radius 3 is 2.35 bits per heavy atom. The molecule has 0 aliphatic carbocycles. The van der Waals surface area contributed by atoms with Crippen molar-refractivity contribution in [3.63, 3.8) is 0 Å². The van der Waals surface area contributed by atoms with Gasteiger partial charge in [0.25, 0.3) is 0 Å². The zero-order valence-electron chi connectivity index (χ0n) is 10.00. The highest BCUT2D eigenvalue weighted by atomic mass is 32.2. The zero-order valence-corrected chi connectivity index (χ0v) is 10.8. The maximum atomic E-state index is 11.7. The molecule has 0 aliphatic heterocycles. The van der Waals surface area contributed by atoms with Crippen LogP contribution in [0.5, 0.6) is 0 Å². The Bertz CT molecular complexity index is 467. The summed E-state index contributed by atoms with van der Waals surface area (Å²) in [5, 5.41) is 18.1. The van der Waals surface area contributed by atoms with Crippen LogP contribution in [0.1, 0.15) is 24.2 Å². The van der Waals surface area contributed by atoms with E-state index in [-0.39, 0.29) is 5.75 Å². The summed E-state index contributed by atoms with van der Waals surface area (Å²) in [7, 11) is -3.47. The van der Waals surface area contributed by atoms with E-state index in [2.05, 4.69) is 0 Å². The standard InChI is InChI=1S/C12H18O4S/c1-3-17(15,16)11(8-13)12(14)10-7-5-4-6-9(10)2/h4-7,11-14H,3,8H2,1-2H3/t11-,12+/m1/s1. The summed E-state index contributed by atoms with van der Waals surface area (Å²) in [6.45, 7) is 2.72. The second-order valence-electron chi connectivity index (χ2n) is 3.97. The minimum atomic E-state index is -3.47. The Labute approximate surface area is 102 Å². The Morgan fingerprint density at radius 2 is 1.88 bits per heavy atom. The third kappa shape index (κ3) is 3.06. The molecule has 2 N–H and O–H groups in total. The Kier molecular flexibility index (Phi) is 4.68. The summed E-state index contributed by atoms with van der Waals surface area (Å²) < 4.78 is 23.5. The lowest BCUT2D eigenvalue weighted by atomic mass is 10.0. The van der Waals surface area contributed by atoms with Gasteiger partial charge in [0.15, 0.2) is 9.84 Å². The van der Waals surface area contributed by atoms with E-state index in [1.165, 1.54) is 6.92 Å². The van der Waals surface area contributed by atoms with Gasteiger partial charge < -0.3 is 10.2 Å². The predicted octanol–water partition coefficient (Wildman–Crippen LogP) is 0.824. The van der Waals surface area contributed by atoms with Crippen LogP contribution in [0.25, 0.3) is 0 Å². The second kappa shape index (κ2) is 5.62. The first-order valence-electron chi connectivity index (χ1n) is 5.50. The molecule has 0 saturated heterocycles. The molecule has 0 aliphatic rings. The molecule has 0 spiro atoms. The number of aliphatic hydroxyl groups excluding tert-OH is 2. The molecule has 0 radical (unpaired) electrons. The molecule has 0 unspecified atom stereocenters. The normalized spacial score (nSPS) is 15.5. The summed E-state index contributed by atoms with van der Waals surface area (Å²) in [5.74, 6) is -0.0961. The molecule has 0 saturated carbocycles. The molecule has 0 aromatic heterocycles. The summed E-state index contributed by atoms with van der Waals surface area (Å²) in [4.78, 5) is 0. The molecule has 5 heteroatoms. The number of rotatable bonds is 5. The minimum Gasteiger partial charge on any atom is -0.395 e. The van der Waals surface area contributed by atoms with Crippen molar-refractivity contribution in [2.24, 2.45) is 0 Å². The molecule has 1 rings (SSSR count). The van der Waals surface area contributed by atoms with Gasteiger partial charge in [-0.05, 0) is 18.1 Å². The maximum absolute atomic E-state index is 11.7. The van der Waals surface area contributed by atoms with E-state index in [9.17, 15) is 18.6 Å². The molecule has 1 aromatic carbocycles. The number of aryl methyl sites for hydroxylation is 1. The van der Waals surface area contributed by atoms with Crippen molar-refractivity contribution in [3.8, 4) is 0 Å². The van der Waals surface area contributed by atoms with Crippen molar-refractivity contribution in [1.29, 1.82) is 0 Å². The van der Waals surface area contributed by atoms with E-state index >= 15 is 0 Å². The van der Waals surface area contributed by atoms with Crippen LogP contribution in [-0.4, -0.2) is 36.2 Å². The molecular formula is C12H18O4S.